The van der Waals surface area contributed by atoms with Crippen LogP contribution in [0.1, 0.15) is 36.5 Å². The van der Waals surface area contributed by atoms with Crippen LogP contribution in [0.2, 0.25) is 0 Å². The molecule has 1 aromatic rings. The lowest BCUT2D eigenvalue weighted by molar-refractivity contribution is -0.125. The van der Waals surface area contributed by atoms with Gasteiger partial charge in [-0.05, 0) is 31.9 Å². The molecule has 0 saturated heterocycles. The fraction of sp³-hybridized carbons (Fsp3) is 0.500. The molecular formula is C16H23N3O2. The summed E-state index contributed by atoms with van der Waals surface area (Å²) in [7, 11) is 3.38. The fourth-order valence-corrected chi connectivity index (χ4v) is 2.76. The zero-order valence-corrected chi connectivity index (χ0v) is 12.8. The molecule has 5 heteroatoms. The van der Waals surface area contributed by atoms with Crippen molar-refractivity contribution in [2.45, 2.75) is 32.2 Å². The van der Waals surface area contributed by atoms with Crippen molar-refractivity contribution in [1.82, 2.24) is 4.90 Å². The van der Waals surface area contributed by atoms with Gasteiger partial charge in [0.15, 0.2) is 0 Å². The van der Waals surface area contributed by atoms with Crippen LogP contribution in [0.5, 0.6) is 0 Å². The van der Waals surface area contributed by atoms with Crippen molar-refractivity contribution in [3.8, 4) is 0 Å². The van der Waals surface area contributed by atoms with Gasteiger partial charge < -0.3 is 16.0 Å². The molecule has 114 valence electrons. The molecule has 3 N–H and O–H groups in total. The summed E-state index contributed by atoms with van der Waals surface area (Å²) in [5.74, 6) is -0.238. The maximum atomic E-state index is 12.6. The van der Waals surface area contributed by atoms with E-state index >= 15 is 0 Å². The van der Waals surface area contributed by atoms with Crippen LogP contribution in [0, 0.1) is 5.41 Å². The normalized spacial score (nSPS) is 24.7. The van der Waals surface area contributed by atoms with E-state index in [1.54, 1.807) is 38.4 Å². The van der Waals surface area contributed by atoms with Gasteiger partial charge in [-0.15, -0.1) is 0 Å². The highest BCUT2D eigenvalue weighted by Crippen LogP contribution is 2.37. The summed E-state index contributed by atoms with van der Waals surface area (Å²) in [6.07, 6.45) is 2.61. The maximum absolute atomic E-state index is 12.6. The second-order valence-corrected chi connectivity index (χ2v) is 6.12. The third-order valence-corrected chi connectivity index (χ3v) is 4.36. The Kier molecular flexibility index (Phi) is 4.32. The predicted molar refractivity (Wildman–Crippen MR) is 83.0 cm³/mol. The molecule has 2 unspecified atom stereocenters. The molecule has 1 aliphatic carbocycles. The van der Waals surface area contributed by atoms with Gasteiger partial charge in [0.1, 0.15) is 0 Å². The van der Waals surface area contributed by atoms with Crippen molar-refractivity contribution in [1.29, 1.82) is 0 Å². The molecule has 21 heavy (non-hydrogen) atoms. The van der Waals surface area contributed by atoms with E-state index in [0.29, 0.717) is 11.3 Å². The summed E-state index contributed by atoms with van der Waals surface area (Å²) in [5, 5.41) is 2.89. The number of para-hydroxylation sites is 1. The molecule has 0 bridgehead atoms. The minimum atomic E-state index is -0.561. The number of nitrogens with zero attached hydrogens (tertiary/aromatic N) is 1. The Labute approximate surface area is 125 Å². The van der Waals surface area contributed by atoms with E-state index in [2.05, 4.69) is 5.32 Å². The van der Waals surface area contributed by atoms with E-state index in [-0.39, 0.29) is 17.9 Å². The van der Waals surface area contributed by atoms with Crippen molar-refractivity contribution in [2.24, 2.45) is 11.1 Å². The molecule has 1 saturated carbocycles. The number of nitrogens with one attached hydrogen (secondary N) is 1. The summed E-state index contributed by atoms with van der Waals surface area (Å²) >= 11 is 0. The standard InChI is InChI=1S/C16H23N3O2/c1-16(10-6-9-13(16)17)15(21)18-12-8-5-4-7-11(12)14(20)19(2)3/h4-5,7-8,13H,6,9-10,17H2,1-3H3,(H,18,21). The molecule has 0 aromatic heterocycles. The van der Waals surface area contributed by atoms with Crippen molar-refractivity contribution >= 4 is 17.5 Å². The monoisotopic (exact) mass is 289 g/mol. The lowest BCUT2D eigenvalue weighted by Gasteiger charge is -2.28. The fourth-order valence-electron chi connectivity index (χ4n) is 2.76. The van der Waals surface area contributed by atoms with Gasteiger partial charge in [0.25, 0.3) is 5.91 Å². The summed E-state index contributed by atoms with van der Waals surface area (Å²) in [5.41, 5.74) is 6.55. The Morgan fingerprint density at radius 2 is 2.00 bits per heavy atom. The molecule has 1 aliphatic rings. The molecule has 0 aliphatic heterocycles. The lowest BCUT2D eigenvalue weighted by atomic mass is 9.84. The number of amides is 2. The summed E-state index contributed by atoms with van der Waals surface area (Å²) in [6, 6.07) is 6.93. The molecule has 2 atom stereocenters. The first-order chi connectivity index (χ1) is 9.86. The molecule has 2 rings (SSSR count). The van der Waals surface area contributed by atoms with Gasteiger partial charge in [-0.1, -0.05) is 18.6 Å². The van der Waals surface area contributed by atoms with E-state index in [4.69, 9.17) is 5.73 Å². The van der Waals surface area contributed by atoms with E-state index in [1.807, 2.05) is 6.92 Å². The van der Waals surface area contributed by atoms with Gasteiger partial charge >= 0.3 is 0 Å². The predicted octanol–water partition coefficient (Wildman–Crippen LogP) is 1.84. The smallest absolute Gasteiger partial charge is 0.255 e. The maximum Gasteiger partial charge on any atom is 0.255 e. The van der Waals surface area contributed by atoms with E-state index < -0.39 is 5.41 Å². The van der Waals surface area contributed by atoms with Crippen LogP contribution in [-0.2, 0) is 4.79 Å². The zero-order valence-electron chi connectivity index (χ0n) is 12.8. The average molecular weight is 289 g/mol. The zero-order chi connectivity index (χ0) is 15.6. The number of nitrogens with two attached hydrogens (primary N) is 1. The van der Waals surface area contributed by atoms with Crippen molar-refractivity contribution in [2.75, 3.05) is 19.4 Å². The second kappa shape index (κ2) is 5.85. The molecule has 0 spiro atoms. The van der Waals surface area contributed by atoms with E-state index in [0.717, 1.165) is 19.3 Å². The van der Waals surface area contributed by atoms with Gasteiger partial charge in [0.2, 0.25) is 5.91 Å². The SMILES string of the molecule is CN(C)C(=O)c1ccccc1NC(=O)C1(C)CCCC1N. The van der Waals surface area contributed by atoms with Crippen molar-refractivity contribution in [3.63, 3.8) is 0 Å². The first-order valence-corrected chi connectivity index (χ1v) is 7.24. The summed E-state index contributed by atoms with van der Waals surface area (Å²) in [6.45, 7) is 1.90. The van der Waals surface area contributed by atoms with Gasteiger partial charge in [-0.2, -0.15) is 0 Å². The summed E-state index contributed by atoms with van der Waals surface area (Å²) in [4.78, 5) is 26.2. The largest absolute Gasteiger partial charge is 0.345 e. The summed E-state index contributed by atoms with van der Waals surface area (Å²) < 4.78 is 0. The van der Waals surface area contributed by atoms with Gasteiger partial charge in [0.05, 0.1) is 16.7 Å². The van der Waals surface area contributed by atoms with Crippen LogP contribution in [0.15, 0.2) is 24.3 Å². The Morgan fingerprint density at radius 3 is 2.57 bits per heavy atom. The first kappa shape index (κ1) is 15.5. The minimum Gasteiger partial charge on any atom is -0.345 e. The van der Waals surface area contributed by atoms with Crippen molar-refractivity contribution in [3.05, 3.63) is 29.8 Å². The van der Waals surface area contributed by atoms with E-state index in [9.17, 15) is 9.59 Å². The van der Waals surface area contributed by atoms with Gasteiger partial charge in [-0.25, -0.2) is 0 Å². The molecule has 0 radical (unpaired) electrons. The Bertz CT molecular complexity index is 556. The highest BCUT2D eigenvalue weighted by Gasteiger charge is 2.43. The number of anilines is 1. The Hall–Kier alpha value is -1.88. The third-order valence-electron chi connectivity index (χ3n) is 4.36. The average Bonchev–Trinajstić information content (AvgIpc) is 2.79. The van der Waals surface area contributed by atoms with Crippen LogP contribution in [-0.4, -0.2) is 36.9 Å². The number of rotatable bonds is 3. The van der Waals surface area contributed by atoms with Crippen LogP contribution in [0.3, 0.4) is 0 Å². The molecule has 1 fully saturated rings. The molecule has 2 amide bonds. The van der Waals surface area contributed by atoms with Crippen molar-refractivity contribution < 1.29 is 9.59 Å². The Balaban J connectivity index is 2.24. The quantitative estimate of drug-likeness (QED) is 0.891. The van der Waals surface area contributed by atoms with Crippen LogP contribution < -0.4 is 11.1 Å². The van der Waals surface area contributed by atoms with Crippen LogP contribution in [0.25, 0.3) is 0 Å². The number of benzene rings is 1. The number of carbonyl (C=O) groups is 2. The Morgan fingerprint density at radius 1 is 1.33 bits per heavy atom. The van der Waals surface area contributed by atoms with Gasteiger partial charge in [-0.3, -0.25) is 9.59 Å². The third kappa shape index (κ3) is 2.93. The minimum absolute atomic E-state index is 0.105. The van der Waals surface area contributed by atoms with Gasteiger partial charge in [0, 0.05) is 20.1 Å². The number of hydrogen-bond acceptors (Lipinski definition) is 3. The highest BCUT2D eigenvalue weighted by molar-refractivity contribution is 6.04. The van der Waals surface area contributed by atoms with Crippen LogP contribution >= 0.6 is 0 Å². The van der Waals surface area contributed by atoms with E-state index in [1.165, 1.54) is 4.90 Å². The lowest BCUT2D eigenvalue weighted by Crippen LogP contribution is -2.44. The topological polar surface area (TPSA) is 75.4 Å². The first-order valence-electron chi connectivity index (χ1n) is 7.24. The van der Waals surface area contributed by atoms with Crippen LogP contribution in [0.4, 0.5) is 5.69 Å². The number of hydrogen-bond donors (Lipinski definition) is 2. The molecule has 1 aromatic carbocycles. The number of carbonyl (C=O) groups excluding carboxylic acids is 2. The molecule has 0 heterocycles. The molecular weight excluding hydrogens is 266 g/mol. The highest BCUT2D eigenvalue weighted by atomic mass is 16.2. The molecule has 5 nitrogen and oxygen atoms in total. The second-order valence-electron chi connectivity index (χ2n) is 6.12.